The van der Waals surface area contributed by atoms with Gasteiger partial charge < -0.3 is 24.8 Å². The number of aromatic hydroxyl groups is 1. The molecule has 0 spiro atoms. The third kappa shape index (κ3) is 3.42. The van der Waals surface area contributed by atoms with E-state index in [1.54, 1.807) is 0 Å². The van der Waals surface area contributed by atoms with E-state index in [1.165, 1.54) is 16.7 Å². The monoisotopic (exact) mass is 504 g/mol. The van der Waals surface area contributed by atoms with E-state index in [9.17, 15) is 23.1 Å². The van der Waals surface area contributed by atoms with Crippen LogP contribution in [0.2, 0.25) is 0 Å². The number of hydrogen-bond donors (Lipinski definition) is 2. The molecule has 3 aliphatic rings. The molecule has 0 saturated carbocycles. The quantitative estimate of drug-likeness (QED) is 0.529. The van der Waals surface area contributed by atoms with Crippen molar-refractivity contribution in [1.29, 1.82) is 0 Å². The fraction of sp³-hybridized carbons (Fsp3) is 0.304. The van der Waals surface area contributed by atoms with Crippen molar-refractivity contribution in [3.8, 4) is 23.1 Å². The lowest BCUT2D eigenvalue weighted by Crippen LogP contribution is -2.42. The summed E-state index contributed by atoms with van der Waals surface area (Å²) < 4.78 is 52.7. The van der Waals surface area contributed by atoms with Crippen molar-refractivity contribution in [3.05, 3.63) is 69.8 Å². The van der Waals surface area contributed by atoms with Crippen molar-refractivity contribution in [3.63, 3.8) is 0 Å². The maximum absolute atomic E-state index is 13.2. The van der Waals surface area contributed by atoms with Crippen LogP contribution >= 0.6 is 12.2 Å². The minimum Gasteiger partial charge on any atom is -0.493 e. The van der Waals surface area contributed by atoms with E-state index in [4.69, 9.17) is 21.7 Å². The highest BCUT2D eigenvalue weighted by molar-refractivity contribution is 7.80. The van der Waals surface area contributed by atoms with Crippen molar-refractivity contribution >= 4 is 17.3 Å². The van der Waals surface area contributed by atoms with Crippen LogP contribution in [0, 0.1) is 0 Å². The molecule has 182 valence electrons. The summed E-state index contributed by atoms with van der Waals surface area (Å²) in [4.78, 5) is 15.0. The average Bonchev–Trinajstić information content (AvgIpc) is 3.59. The van der Waals surface area contributed by atoms with Gasteiger partial charge in [-0.2, -0.15) is 13.2 Å². The number of halogens is 3. The maximum Gasteiger partial charge on any atom is 0.416 e. The molecule has 6 rings (SSSR count). The number of nitrogens with one attached hydrogen (secondary N) is 1. The molecule has 0 aliphatic carbocycles. The third-order valence-electron chi connectivity index (χ3n) is 6.63. The molecule has 1 saturated heterocycles. The summed E-state index contributed by atoms with van der Waals surface area (Å²) in [5, 5.41) is 14.6. The molecule has 35 heavy (non-hydrogen) atoms. The standard InChI is InChI=1S/C23H19F3N4O4S/c24-23(25,26)13-2-1-3-14(7-13)30-20(31)19-16-8-15(29(19)22(30)32)10-28(16)21(35)27-9-12-4-5-17-18(6-12)34-11-33-17/h1-7,15-16,31H,8-11H2,(H,27,35)/t15?,16-/m1/s1. The first-order valence-corrected chi connectivity index (χ1v) is 11.3. The highest BCUT2D eigenvalue weighted by atomic mass is 32.1. The molecule has 2 N–H and O–H groups in total. The topological polar surface area (TPSA) is 80.9 Å². The van der Waals surface area contributed by atoms with Gasteiger partial charge in [-0.05, 0) is 54.5 Å². The van der Waals surface area contributed by atoms with Gasteiger partial charge in [0.1, 0.15) is 5.69 Å². The Hall–Kier alpha value is -3.67. The van der Waals surface area contributed by atoms with E-state index in [-0.39, 0.29) is 30.4 Å². The van der Waals surface area contributed by atoms with Crippen LogP contribution in [0.3, 0.4) is 0 Å². The average molecular weight is 504 g/mol. The van der Waals surface area contributed by atoms with Crippen molar-refractivity contribution in [2.45, 2.75) is 31.2 Å². The van der Waals surface area contributed by atoms with Gasteiger partial charge in [-0.3, -0.25) is 4.57 Å². The minimum atomic E-state index is -4.57. The number of ether oxygens (including phenoxy) is 2. The van der Waals surface area contributed by atoms with Crippen molar-refractivity contribution in [1.82, 2.24) is 19.4 Å². The van der Waals surface area contributed by atoms with E-state index in [1.807, 2.05) is 23.1 Å². The maximum atomic E-state index is 13.2. The largest absolute Gasteiger partial charge is 0.493 e. The van der Waals surface area contributed by atoms with E-state index < -0.39 is 17.4 Å². The number of rotatable bonds is 3. The number of thiocarbonyl (C=S) groups is 1. The zero-order chi connectivity index (χ0) is 24.5. The molecule has 8 nitrogen and oxygen atoms in total. The molecule has 2 bridgehead atoms. The Morgan fingerprint density at radius 2 is 1.97 bits per heavy atom. The van der Waals surface area contributed by atoms with Gasteiger partial charge in [0.2, 0.25) is 12.7 Å². The highest BCUT2D eigenvalue weighted by Crippen LogP contribution is 2.48. The molecule has 2 aromatic carbocycles. The number of nitrogens with zero attached hydrogens (tertiary/aromatic N) is 3. The second kappa shape index (κ2) is 7.67. The fourth-order valence-corrected chi connectivity index (χ4v) is 5.33. The SMILES string of the molecule is O=c1n(-c2cccc(C(F)(F)F)c2)c(O)c2n1C1C[C@H]2N(C(=S)NCc2ccc3c(c2)OCO3)C1. The summed E-state index contributed by atoms with van der Waals surface area (Å²) >= 11 is 5.60. The molecular weight excluding hydrogens is 485 g/mol. The Labute approximate surface area is 202 Å². The predicted molar refractivity (Wildman–Crippen MR) is 122 cm³/mol. The summed E-state index contributed by atoms with van der Waals surface area (Å²) in [6, 6.07) is 9.34. The second-order valence-electron chi connectivity index (χ2n) is 8.65. The van der Waals surface area contributed by atoms with Gasteiger partial charge in [0, 0.05) is 13.1 Å². The third-order valence-corrected chi connectivity index (χ3v) is 7.01. The van der Waals surface area contributed by atoms with Crippen molar-refractivity contribution in [2.75, 3.05) is 13.3 Å². The molecule has 4 heterocycles. The summed E-state index contributed by atoms with van der Waals surface area (Å²) in [5.74, 6) is 0.984. The van der Waals surface area contributed by atoms with Gasteiger partial charge in [-0.25, -0.2) is 9.36 Å². The number of fused-ring (bicyclic) bond motifs is 6. The molecule has 1 unspecified atom stereocenters. The lowest BCUT2D eigenvalue weighted by molar-refractivity contribution is -0.137. The van der Waals surface area contributed by atoms with Crippen LogP contribution < -0.4 is 20.5 Å². The van der Waals surface area contributed by atoms with Crippen molar-refractivity contribution in [2.24, 2.45) is 0 Å². The first-order chi connectivity index (χ1) is 16.7. The zero-order valence-corrected chi connectivity index (χ0v) is 18.9. The van der Waals surface area contributed by atoms with Gasteiger partial charge >= 0.3 is 11.9 Å². The molecule has 0 amide bonds. The van der Waals surface area contributed by atoms with E-state index in [2.05, 4.69) is 5.32 Å². The van der Waals surface area contributed by atoms with E-state index >= 15 is 0 Å². The molecule has 0 radical (unpaired) electrons. The van der Waals surface area contributed by atoms with Crippen LogP contribution in [-0.4, -0.2) is 37.6 Å². The molecule has 1 aromatic heterocycles. The van der Waals surface area contributed by atoms with Gasteiger partial charge in [0.15, 0.2) is 16.6 Å². The van der Waals surface area contributed by atoms with Crippen LogP contribution in [0.5, 0.6) is 17.4 Å². The van der Waals surface area contributed by atoms with Crippen LogP contribution in [0.1, 0.15) is 35.3 Å². The normalized spacial score (nSPS) is 19.8. The summed E-state index contributed by atoms with van der Waals surface area (Å²) in [5.41, 5.74) is -0.208. The van der Waals surface area contributed by atoms with Crippen molar-refractivity contribution < 1.29 is 27.8 Å². The Kier molecular flexibility index (Phi) is 4.78. The molecule has 1 fully saturated rings. The first kappa shape index (κ1) is 21.8. The summed E-state index contributed by atoms with van der Waals surface area (Å²) in [7, 11) is 0. The first-order valence-electron chi connectivity index (χ1n) is 10.9. The lowest BCUT2D eigenvalue weighted by Gasteiger charge is -2.30. The molecule has 3 aromatic rings. The van der Waals surface area contributed by atoms with Crippen LogP contribution in [0.4, 0.5) is 13.2 Å². The Balaban J connectivity index is 1.25. The van der Waals surface area contributed by atoms with Gasteiger partial charge in [0.25, 0.3) is 0 Å². The van der Waals surface area contributed by atoms with Crippen LogP contribution in [-0.2, 0) is 12.7 Å². The highest BCUT2D eigenvalue weighted by Gasteiger charge is 2.48. The molecule has 3 aliphatic heterocycles. The van der Waals surface area contributed by atoms with Crippen LogP contribution in [0.25, 0.3) is 5.69 Å². The smallest absolute Gasteiger partial charge is 0.416 e. The Morgan fingerprint density at radius 3 is 2.77 bits per heavy atom. The Bertz CT molecular complexity index is 1420. The van der Waals surface area contributed by atoms with E-state index in [0.717, 1.165) is 22.3 Å². The number of aromatic nitrogens is 2. The number of benzene rings is 2. The van der Waals surface area contributed by atoms with Gasteiger partial charge in [-0.1, -0.05) is 12.1 Å². The van der Waals surface area contributed by atoms with Gasteiger partial charge in [-0.15, -0.1) is 0 Å². The Morgan fingerprint density at radius 1 is 1.17 bits per heavy atom. The molecule has 2 atom stereocenters. The zero-order valence-electron chi connectivity index (χ0n) is 18.1. The second-order valence-corrected chi connectivity index (χ2v) is 9.04. The predicted octanol–water partition coefficient (Wildman–Crippen LogP) is 3.47. The molecule has 12 heteroatoms. The fourth-order valence-electron chi connectivity index (χ4n) is 5.05. The number of alkyl halides is 3. The number of hydrogen-bond acceptors (Lipinski definition) is 5. The summed E-state index contributed by atoms with van der Waals surface area (Å²) in [6.45, 7) is 1.08. The molecular formula is C23H19F3N4O4S. The van der Waals surface area contributed by atoms with E-state index in [0.29, 0.717) is 41.8 Å². The van der Waals surface area contributed by atoms with Crippen LogP contribution in [0.15, 0.2) is 47.3 Å². The summed E-state index contributed by atoms with van der Waals surface area (Å²) in [6.07, 6.45) is -3.99. The number of imidazole rings is 1. The minimum absolute atomic E-state index is 0.0429. The lowest BCUT2D eigenvalue weighted by atomic mass is 10.1. The van der Waals surface area contributed by atoms with Gasteiger partial charge in [0.05, 0.1) is 23.3 Å². The number of likely N-dealkylation sites (tertiary alicyclic amines) is 1.